The fraction of sp³-hybridized carbons (Fsp3) is 0.458. The van der Waals surface area contributed by atoms with Crippen LogP contribution in [0.15, 0.2) is 42.5 Å². The van der Waals surface area contributed by atoms with E-state index in [4.69, 9.17) is 4.74 Å². The van der Waals surface area contributed by atoms with Crippen molar-refractivity contribution in [2.45, 2.75) is 39.7 Å². The summed E-state index contributed by atoms with van der Waals surface area (Å²) in [5.41, 5.74) is 4.27. The van der Waals surface area contributed by atoms with E-state index >= 15 is 0 Å². The van der Waals surface area contributed by atoms with Gasteiger partial charge in [-0.1, -0.05) is 25.1 Å². The Hall–Kier alpha value is -2.33. The highest BCUT2D eigenvalue weighted by Gasteiger charge is 2.28. The molecule has 1 amide bonds. The van der Waals surface area contributed by atoms with Crippen LogP contribution in [0.1, 0.15) is 43.6 Å². The van der Waals surface area contributed by atoms with E-state index in [0.29, 0.717) is 0 Å². The number of hydrogen-bond donors (Lipinski definition) is 0. The number of ether oxygens (including phenoxy) is 1. The number of carbonyl (C=O) groups is 1. The molecule has 2 aromatic rings. The predicted octanol–water partition coefficient (Wildman–Crippen LogP) is 4.48. The van der Waals surface area contributed by atoms with Crippen LogP contribution in [0.5, 0.6) is 5.75 Å². The van der Waals surface area contributed by atoms with Crippen LogP contribution in [0, 0.1) is 0 Å². The van der Waals surface area contributed by atoms with Crippen molar-refractivity contribution < 1.29 is 9.53 Å². The van der Waals surface area contributed by atoms with E-state index in [9.17, 15) is 4.79 Å². The average molecular weight is 381 g/mol. The molecule has 1 aliphatic heterocycles. The summed E-state index contributed by atoms with van der Waals surface area (Å²) in [6, 6.07) is 14.2. The number of piperazine rings is 1. The summed E-state index contributed by atoms with van der Waals surface area (Å²) < 4.78 is 5.45. The topological polar surface area (TPSA) is 32.8 Å². The van der Waals surface area contributed by atoms with E-state index in [1.807, 2.05) is 29.2 Å². The lowest BCUT2D eigenvalue weighted by Gasteiger charge is -2.42. The van der Waals surface area contributed by atoms with E-state index in [1.165, 1.54) is 5.56 Å². The molecule has 0 bridgehead atoms. The Balaban J connectivity index is 1.79. The first-order valence-corrected chi connectivity index (χ1v) is 10.1. The predicted molar refractivity (Wildman–Crippen MR) is 115 cm³/mol. The molecule has 1 fully saturated rings. The summed E-state index contributed by atoms with van der Waals surface area (Å²) in [7, 11) is 1.69. The van der Waals surface area contributed by atoms with Crippen LogP contribution >= 0.6 is 0 Å². The smallest absolute Gasteiger partial charge is 0.253 e. The van der Waals surface area contributed by atoms with Crippen LogP contribution < -0.4 is 4.74 Å². The number of amides is 1. The molecule has 0 aliphatic carbocycles. The van der Waals surface area contributed by atoms with E-state index < -0.39 is 0 Å². The standard InChI is InChI=1S/C24H32N2O2/c1-6-18-14-21(17-22(15-18)28-5)19-8-7-9-20(16-19)23(27)25-10-12-26(13-11-25)24(2,3)4/h7-9,14-17H,6,10-13H2,1-5H3. The van der Waals surface area contributed by atoms with Gasteiger partial charge in [-0.25, -0.2) is 0 Å². The van der Waals surface area contributed by atoms with Gasteiger partial charge in [-0.2, -0.15) is 0 Å². The zero-order chi connectivity index (χ0) is 20.3. The average Bonchev–Trinajstić information content (AvgIpc) is 2.72. The molecule has 1 aliphatic rings. The molecule has 2 aromatic carbocycles. The molecule has 1 heterocycles. The Morgan fingerprint density at radius 1 is 1.00 bits per heavy atom. The fourth-order valence-electron chi connectivity index (χ4n) is 3.74. The van der Waals surface area contributed by atoms with Crippen molar-refractivity contribution in [2.24, 2.45) is 0 Å². The molecule has 0 aromatic heterocycles. The lowest BCUT2D eigenvalue weighted by Crippen LogP contribution is -2.54. The van der Waals surface area contributed by atoms with Crippen molar-refractivity contribution in [3.63, 3.8) is 0 Å². The normalized spacial score (nSPS) is 15.5. The largest absolute Gasteiger partial charge is 0.497 e. The third kappa shape index (κ3) is 4.56. The number of methoxy groups -OCH3 is 1. The number of nitrogens with zero attached hydrogens (tertiary/aromatic N) is 2. The van der Waals surface area contributed by atoms with Gasteiger partial charge in [0.15, 0.2) is 0 Å². The second kappa shape index (κ2) is 8.36. The monoisotopic (exact) mass is 380 g/mol. The van der Waals surface area contributed by atoms with Crippen molar-refractivity contribution in [2.75, 3.05) is 33.3 Å². The van der Waals surface area contributed by atoms with E-state index in [-0.39, 0.29) is 11.4 Å². The lowest BCUT2D eigenvalue weighted by atomic mass is 9.99. The van der Waals surface area contributed by atoms with E-state index in [0.717, 1.165) is 55.0 Å². The summed E-state index contributed by atoms with van der Waals surface area (Å²) in [6.45, 7) is 12.2. The summed E-state index contributed by atoms with van der Waals surface area (Å²) in [6.07, 6.45) is 0.945. The molecule has 150 valence electrons. The molecule has 0 N–H and O–H groups in total. The van der Waals surface area contributed by atoms with Crippen LogP contribution in [-0.2, 0) is 6.42 Å². The minimum Gasteiger partial charge on any atom is -0.497 e. The number of aryl methyl sites for hydroxylation is 1. The van der Waals surface area contributed by atoms with Gasteiger partial charge in [-0.05, 0) is 68.1 Å². The third-order valence-corrected chi connectivity index (χ3v) is 5.57. The summed E-state index contributed by atoms with van der Waals surface area (Å²) in [4.78, 5) is 17.5. The van der Waals surface area contributed by atoms with Crippen LogP contribution in [0.2, 0.25) is 0 Å². The Bertz CT molecular complexity index is 808. The van der Waals surface area contributed by atoms with Gasteiger partial charge in [0, 0.05) is 37.3 Å². The molecule has 3 rings (SSSR count). The number of benzene rings is 2. The zero-order valence-electron chi connectivity index (χ0n) is 17.8. The number of hydrogen-bond acceptors (Lipinski definition) is 3. The van der Waals surface area contributed by atoms with Crippen LogP contribution in [0.3, 0.4) is 0 Å². The van der Waals surface area contributed by atoms with Gasteiger partial charge in [-0.3, -0.25) is 9.69 Å². The second-order valence-corrected chi connectivity index (χ2v) is 8.45. The third-order valence-electron chi connectivity index (χ3n) is 5.57. The van der Waals surface area contributed by atoms with Gasteiger partial charge >= 0.3 is 0 Å². The van der Waals surface area contributed by atoms with Crippen LogP contribution in [-0.4, -0.2) is 54.5 Å². The highest BCUT2D eigenvalue weighted by Crippen LogP contribution is 2.27. The van der Waals surface area contributed by atoms with Crippen molar-refractivity contribution >= 4 is 5.91 Å². The van der Waals surface area contributed by atoms with E-state index in [1.54, 1.807) is 7.11 Å². The van der Waals surface area contributed by atoms with Gasteiger partial charge in [0.05, 0.1) is 7.11 Å². The van der Waals surface area contributed by atoms with Crippen LogP contribution in [0.4, 0.5) is 0 Å². The second-order valence-electron chi connectivity index (χ2n) is 8.45. The van der Waals surface area contributed by atoms with Gasteiger partial charge < -0.3 is 9.64 Å². The molecule has 0 atom stereocenters. The molecule has 0 spiro atoms. The number of carbonyl (C=O) groups excluding carboxylic acids is 1. The maximum Gasteiger partial charge on any atom is 0.253 e. The molecular weight excluding hydrogens is 348 g/mol. The van der Waals surface area contributed by atoms with Gasteiger partial charge in [0.1, 0.15) is 5.75 Å². The minimum absolute atomic E-state index is 0.119. The molecule has 0 radical (unpaired) electrons. The summed E-state index contributed by atoms with van der Waals surface area (Å²) in [5, 5.41) is 0. The molecule has 1 saturated heterocycles. The highest BCUT2D eigenvalue weighted by atomic mass is 16.5. The molecule has 0 unspecified atom stereocenters. The van der Waals surface area contributed by atoms with Crippen molar-refractivity contribution in [1.29, 1.82) is 0 Å². The molecule has 4 heteroatoms. The van der Waals surface area contributed by atoms with Crippen molar-refractivity contribution in [1.82, 2.24) is 9.80 Å². The van der Waals surface area contributed by atoms with E-state index in [2.05, 4.69) is 50.8 Å². The maximum absolute atomic E-state index is 13.1. The highest BCUT2D eigenvalue weighted by molar-refractivity contribution is 5.95. The summed E-state index contributed by atoms with van der Waals surface area (Å²) >= 11 is 0. The Morgan fingerprint density at radius 3 is 2.32 bits per heavy atom. The van der Waals surface area contributed by atoms with Gasteiger partial charge in [0.25, 0.3) is 5.91 Å². The Labute approximate surface area is 169 Å². The first-order valence-electron chi connectivity index (χ1n) is 10.1. The number of rotatable bonds is 4. The van der Waals surface area contributed by atoms with Gasteiger partial charge in [-0.15, -0.1) is 0 Å². The quantitative estimate of drug-likeness (QED) is 0.784. The van der Waals surface area contributed by atoms with Crippen molar-refractivity contribution in [3.8, 4) is 16.9 Å². The van der Waals surface area contributed by atoms with Crippen molar-refractivity contribution in [3.05, 3.63) is 53.6 Å². The molecule has 28 heavy (non-hydrogen) atoms. The lowest BCUT2D eigenvalue weighted by molar-refractivity contribution is 0.0451. The zero-order valence-corrected chi connectivity index (χ0v) is 17.8. The van der Waals surface area contributed by atoms with Gasteiger partial charge in [0.2, 0.25) is 0 Å². The molecular formula is C24H32N2O2. The fourth-order valence-corrected chi connectivity index (χ4v) is 3.74. The maximum atomic E-state index is 13.1. The summed E-state index contributed by atoms with van der Waals surface area (Å²) in [5.74, 6) is 0.971. The molecule has 0 saturated carbocycles. The molecule has 4 nitrogen and oxygen atoms in total. The first kappa shape index (κ1) is 20.4. The van der Waals surface area contributed by atoms with Crippen LogP contribution in [0.25, 0.3) is 11.1 Å². The Kier molecular flexibility index (Phi) is 6.09. The first-order chi connectivity index (χ1) is 13.3. The Morgan fingerprint density at radius 2 is 1.71 bits per heavy atom. The minimum atomic E-state index is 0.119. The SMILES string of the molecule is CCc1cc(OC)cc(-c2cccc(C(=O)N3CCN(C(C)(C)C)CC3)c2)c1.